The van der Waals surface area contributed by atoms with E-state index in [1.165, 1.54) is 11.9 Å². The summed E-state index contributed by atoms with van der Waals surface area (Å²) in [5.74, 6) is 0. The Balaban J connectivity index is 1.60. The number of aromatic amines is 1. The van der Waals surface area contributed by atoms with Gasteiger partial charge in [0.1, 0.15) is 6.33 Å². The molecule has 0 aliphatic heterocycles. The minimum atomic E-state index is 0.772. The van der Waals surface area contributed by atoms with Crippen molar-refractivity contribution in [2.75, 3.05) is 5.32 Å². The third-order valence-corrected chi connectivity index (χ3v) is 3.96. The van der Waals surface area contributed by atoms with Crippen molar-refractivity contribution in [2.45, 2.75) is 23.5 Å². The Hall–Kier alpha value is -2.28. The van der Waals surface area contributed by atoms with E-state index in [4.69, 9.17) is 0 Å². The predicted octanol–water partition coefficient (Wildman–Crippen LogP) is 2.61. The Labute approximate surface area is 127 Å². The summed E-state index contributed by atoms with van der Waals surface area (Å²) >= 11 is 1.55. The lowest BCUT2D eigenvalue weighted by Gasteiger charge is -2.06. The van der Waals surface area contributed by atoms with Crippen molar-refractivity contribution in [1.29, 1.82) is 0 Å². The molecular weight excluding hydrogens is 284 g/mol. The van der Waals surface area contributed by atoms with Gasteiger partial charge in [-0.1, -0.05) is 11.8 Å². The molecule has 3 aromatic rings. The molecule has 0 atom stereocenters. The van der Waals surface area contributed by atoms with Crippen LogP contribution in [0.25, 0.3) is 0 Å². The van der Waals surface area contributed by atoms with Crippen LogP contribution in [0.4, 0.5) is 5.69 Å². The summed E-state index contributed by atoms with van der Waals surface area (Å²) in [7, 11) is 1.94. The zero-order valence-electron chi connectivity index (χ0n) is 11.9. The summed E-state index contributed by atoms with van der Waals surface area (Å²) in [5.41, 5.74) is 3.35. The Kier molecular flexibility index (Phi) is 3.92. The first-order valence-corrected chi connectivity index (χ1v) is 7.38. The summed E-state index contributed by atoms with van der Waals surface area (Å²) in [6.07, 6.45) is 3.55. The second kappa shape index (κ2) is 6.01. The van der Waals surface area contributed by atoms with Crippen molar-refractivity contribution < 1.29 is 0 Å². The van der Waals surface area contributed by atoms with Crippen LogP contribution in [-0.2, 0) is 13.6 Å². The highest BCUT2D eigenvalue weighted by atomic mass is 32.2. The zero-order chi connectivity index (χ0) is 14.7. The van der Waals surface area contributed by atoms with Gasteiger partial charge in [-0.05, 0) is 31.2 Å². The molecule has 0 radical (unpaired) electrons. The molecule has 2 heterocycles. The van der Waals surface area contributed by atoms with E-state index >= 15 is 0 Å². The number of aryl methyl sites for hydroxylation is 2. The van der Waals surface area contributed by atoms with Crippen molar-refractivity contribution >= 4 is 17.4 Å². The van der Waals surface area contributed by atoms with Crippen LogP contribution in [0.2, 0.25) is 0 Å². The average Bonchev–Trinajstić information content (AvgIpc) is 3.08. The third-order valence-electron chi connectivity index (χ3n) is 3.06. The standard InChI is InChI=1S/C14H16N6S/c1-10-11(8-20(2)19-10)7-15-12-3-5-13(6-4-12)21-14-16-9-17-18-14/h3-6,8-9,15H,7H2,1-2H3,(H,16,17,18). The van der Waals surface area contributed by atoms with Gasteiger partial charge >= 0.3 is 0 Å². The molecule has 108 valence electrons. The van der Waals surface area contributed by atoms with Crippen molar-refractivity contribution in [3.05, 3.63) is 48.0 Å². The summed E-state index contributed by atoms with van der Waals surface area (Å²) < 4.78 is 1.84. The van der Waals surface area contributed by atoms with Gasteiger partial charge in [-0.15, -0.1) is 0 Å². The molecule has 6 nitrogen and oxygen atoms in total. The second-order valence-corrected chi connectivity index (χ2v) is 5.75. The maximum atomic E-state index is 4.34. The Bertz CT molecular complexity index is 702. The lowest BCUT2D eigenvalue weighted by atomic mass is 10.2. The molecule has 7 heteroatoms. The Morgan fingerprint density at radius 1 is 1.29 bits per heavy atom. The molecule has 0 fully saturated rings. The van der Waals surface area contributed by atoms with Gasteiger partial charge in [0.2, 0.25) is 0 Å². The average molecular weight is 300 g/mol. The summed E-state index contributed by atoms with van der Waals surface area (Å²) in [5, 5.41) is 15.2. The largest absolute Gasteiger partial charge is 0.381 e. The molecule has 0 aliphatic rings. The minimum absolute atomic E-state index is 0.772. The van der Waals surface area contributed by atoms with E-state index < -0.39 is 0 Å². The van der Waals surface area contributed by atoms with Crippen LogP contribution in [0.3, 0.4) is 0 Å². The van der Waals surface area contributed by atoms with E-state index in [9.17, 15) is 0 Å². The first-order valence-electron chi connectivity index (χ1n) is 6.57. The van der Waals surface area contributed by atoms with Crippen LogP contribution in [0.5, 0.6) is 0 Å². The Morgan fingerprint density at radius 2 is 2.10 bits per heavy atom. The topological polar surface area (TPSA) is 71.4 Å². The number of hydrogen-bond donors (Lipinski definition) is 2. The molecule has 3 rings (SSSR count). The van der Waals surface area contributed by atoms with Crippen LogP contribution < -0.4 is 5.32 Å². The number of hydrogen-bond acceptors (Lipinski definition) is 5. The van der Waals surface area contributed by atoms with Crippen molar-refractivity contribution in [2.24, 2.45) is 7.05 Å². The van der Waals surface area contributed by atoms with Gasteiger partial charge in [-0.3, -0.25) is 9.78 Å². The maximum absolute atomic E-state index is 4.34. The van der Waals surface area contributed by atoms with Gasteiger partial charge in [-0.2, -0.15) is 10.2 Å². The van der Waals surface area contributed by atoms with E-state index in [-0.39, 0.29) is 0 Å². The zero-order valence-corrected chi connectivity index (χ0v) is 12.7. The van der Waals surface area contributed by atoms with Gasteiger partial charge in [0.15, 0.2) is 5.16 Å². The van der Waals surface area contributed by atoms with Crippen LogP contribution >= 0.6 is 11.8 Å². The molecule has 2 aromatic heterocycles. The van der Waals surface area contributed by atoms with Gasteiger partial charge in [0, 0.05) is 35.9 Å². The number of nitrogens with one attached hydrogen (secondary N) is 2. The number of aromatic nitrogens is 5. The fourth-order valence-corrected chi connectivity index (χ4v) is 2.71. The summed E-state index contributed by atoms with van der Waals surface area (Å²) in [4.78, 5) is 5.21. The lowest BCUT2D eigenvalue weighted by molar-refractivity contribution is 0.756. The first-order chi connectivity index (χ1) is 10.2. The van der Waals surface area contributed by atoms with E-state index in [0.29, 0.717) is 0 Å². The fourth-order valence-electron chi connectivity index (χ4n) is 2.02. The monoisotopic (exact) mass is 300 g/mol. The van der Waals surface area contributed by atoms with Gasteiger partial charge in [0.25, 0.3) is 0 Å². The number of nitrogens with zero attached hydrogens (tertiary/aromatic N) is 4. The second-order valence-electron chi connectivity index (χ2n) is 4.68. The highest BCUT2D eigenvalue weighted by molar-refractivity contribution is 7.99. The van der Waals surface area contributed by atoms with Crippen molar-refractivity contribution in [3.63, 3.8) is 0 Å². The van der Waals surface area contributed by atoms with Crippen molar-refractivity contribution in [1.82, 2.24) is 25.0 Å². The number of rotatable bonds is 5. The van der Waals surface area contributed by atoms with Crippen molar-refractivity contribution in [3.8, 4) is 0 Å². The van der Waals surface area contributed by atoms with Gasteiger partial charge in [0.05, 0.1) is 5.69 Å². The molecule has 0 saturated heterocycles. The molecule has 0 aliphatic carbocycles. The smallest absolute Gasteiger partial charge is 0.188 e. The molecule has 2 N–H and O–H groups in total. The highest BCUT2D eigenvalue weighted by Crippen LogP contribution is 2.25. The normalized spacial score (nSPS) is 10.8. The molecule has 1 aromatic carbocycles. The molecule has 0 spiro atoms. The quantitative estimate of drug-likeness (QED) is 0.758. The molecule has 0 bridgehead atoms. The SMILES string of the molecule is Cc1nn(C)cc1CNc1ccc(Sc2ncn[nH]2)cc1. The number of H-pyrrole nitrogens is 1. The van der Waals surface area contributed by atoms with E-state index in [0.717, 1.165) is 28.0 Å². The molecule has 0 amide bonds. The fraction of sp³-hybridized carbons (Fsp3) is 0.214. The maximum Gasteiger partial charge on any atom is 0.188 e. The first kappa shape index (κ1) is 13.7. The molecular formula is C14H16N6S. The van der Waals surface area contributed by atoms with Crippen LogP contribution in [0.15, 0.2) is 46.8 Å². The van der Waals surface area contributed by atoms with Gasteiger partial charge < -0.3 is 5.32 Å². The van der Waals surface area contributed by atoms with Gasteiger partial charge in [-0.25, -0.2) is 4.98 Å². The minimum Gasteiger partial charge on any atom is -0.381 e. The lowest BCUT2D eigenvalue weighted by Crippen LogP contribution is -1.99. The third kappa shape index (κ3) is 3.43. The van der Waals surface area contributed by atoms with Crippen LogP contribution in [-0.4, -0.2) is 25.0 Å². The number of anilines is 1. The molecule has 0 saturated carbocycles. The molecule has 21 heavy (non-hydrogen) atoms. The van der Waals surface area contributed by atoms with E-state index in [1.54, 1.807) is 11.8 Å². The summed E-state index contributed by atoms with van der Waals surface area (Å²) in [6, 6.07) is 8.24. The van der Waals surface area contributed by atoms with Crippen LogP contribution in [0.1, 0.15) is 11.3 Å². The predicted molar refractivity (Wildman–Crippen MR) is 82.2 cm³/mol. The molecule has 0 unspecified atom stereocenters. The van der Waals surface area contributed by atoms with Crippen LogP contribution in [0, 0.1) is 6.92 Å². The number of benzene rings is 1. The Morgan fingerprint density at radius 3 is 2.71 bits per heavy atom. The van der Waals surface area contributed by atoms with E-state index in [1.807, 2.05) is 24.9 Å². The highest BCUT2D eigenvalue weighted by Gasteiger charge is 2.03. The van der Waals surface area contributed by atoms with E-state index in [2.05, 4.69) is 49.9 Å². The summed E-state index contributed by atoms with van der Waals surface area (Å²) in [6.45, 7) is 2.79.